The first-order chi connectivity index (χ1) is 26.8. The fourth-order valence-corrected chi connectivity index (χ4v) is 8.15. The minimum atomic E-state index is 1.08. The maximum Gasteiger partial charge on any atom is 0.0541 e. The quantitative estimate of drug-likeness (QED) is 0.162. The maximum absolute atomic E-state index is 2.43. The lowest BCUT2D eigenvalue weighted by molar-refractivity contribution is 1.17. The van der Waals surface area contributed by atoms with Crippen molar-refractivity contribution in [2.24, 2.45) is 0 Å². The fraction of sp³-hybridized carbons (Fsp3) is 0. The van der Waals surface area contributed by atoms with Gasteiger partial charge in [-0.2, -0.15) is 0 Å². The lowest BCUT2D eigenvalue weighted by Crippen LogP contribution is -2.12. The van der Waals surface area contributed by atoms with E-state index in [2.05, 4.69) is 228 Å². The highest BCUT2D eigenvalue weighted by molar-refractivity contribution is 6.09. The molecular formula is C52H36N2. The Morgan fingerprint density at radius 2 is 0.833 bits per heavy atom. The Bertz CT molecular complexity index is 2900. The topological polar surface area (TPSA) is 8.17 Å². The molecule has 0 radical (unpaired) electrons. The number of aromatic nitrogens is 1. The highest BCUT2D eigenvalue weighted by Crippen LogP contribution is 2.46. The van der Waals surface area contributed by atoms with Crippen molar-refractivity contribution in [1.82, 2.24) is 4.57 Å². The van der Waals surface area contributed by atoms with Crippen molar-refractivity contribution in [2.45, 2.75) is 0 Å². The number of hydrogen-bond acceptors (Lipinski definition) is 1. The van der Waals surface area contributed by atoms with E-state index in [0.29, 0.717) is 0 Å². The fourth-order valence-electron chi connectivity index (χ4n) is 8.15. The highest BCUT2D eigenvalue weighted by atomic mass is 15.1. The van der Waals surface area contributed by atoms with Crippen molar-refractivity contribution < 1.29 is 0 Å². The van der Waals surface area contributed by atoms with Gasteiger partial charge in [-0.3, -0.25) is 0 Å². The van der Waals surface area contributed by atoms with Crippen molar-refractivity contribution in [3.63, 3.8) is 0 Å². The molecule has 0 aliphatic rings. The molecule has 0 N–H and O–H groups in total. The van der Waals surface area contributed by atoms with Gasteiger partial charge in [0.25, 0.3) is 0 Å². The van der Waals surface area contributed by atoms with E-state index in [1.165, 1.54) is 60.4 Å². The number of rotatable bonds is 7. The summed E-state index contributed by atoms with van der Waals surface area (Å²) >= 11 is 0. The predicted molar refractivity (Wildman–Crippen MR) is 229 cm³/mol. The van der Waals surface area contributed by atoms with Crippen LogP contribution in [0.4, 0.5) is 17.1 Å². The van der Waals surface area contributed by atoms with Gasteiger partial charge in [-0.15, -0.1) is 0 Å². The average Bonchev–Trinajstić information content (AvgIpc) is 3.59. The SMILES string of the molecule is c1ccc(-c2ccccc2-c2ccccc2-c2ccccc2N(c2cccc(-n3c4ccccc4c4ccccc43)c2)c2ccc3ccccc3c2)cc1. The molecule has 0 saturated carbocycles. The first-order valence-electron chi connectivity index (χ1n) is 18.5. The Kier molecular flexibility index (Phi) is 7.85. The van der Waals surface area contributed by atoms with Gasteiger partial charge in [0.1, 0.15) is 0 Å². The van der Waals surface area contributed by atoms with Gasteiger partial charge in [0.2, 0.25) is 0 Å². The molecule has 0 amide bonds. The minimum Gasteiger partial charge on any atom is -0.310 e. The maximum atomic E-state index is 2.43. The molecule has 0 fully saturated rings. The molecule has 0 saturated heterocycles. The molecule has 254 valence electrons. The van der Waals surface area contributed by atoms with E-state index in [4.69, 9.17) is 0 Å². The highest BCUT2D eigenvalue weighted by Gasteiger charge is 2.21. The molecule has 1 heterocycles. The summed E-state index contributed by atoms with van der Waals surface area (Å²) in [6.07, 6.45) is 0. The molecule has 0 unspecified atom stereocenters. The van der Waals surface area contributed by atoms with Crippen LogP contribution >= 0.6 is 0 Å². The van der Waals surface area contributed by atoms with Crippen LogP contribution in [0.25, 0.3) is 71.6 Å². The summed E-state index contributed by atoms with van der Waals surface area (Å²) in [6, 6.07) is 79.0. The second-order valence-electron chi connectivity index (χ2n) is 13.7. The van der Waals surface area contributed by atoms with E-state index in [9.17, 15) is 0 Å². The monoisotopic (exact) mass is 688 g/mol. The molecule has 54 heavy (non-hydrogen) atoms. The average molecular weight is 689 g/mol. The van der Waals surface area contributed by atoms with E-state index in [1.807, 2.05) is 0 Å². The normalized spacial score (nSPS) is 11.3. The van der Waals surface area contributed by atoms with E-state index in [-0.39, 0.29) is 0 Å². The van der Waals surface area contributed by atoms with E-state index >= 15 is 0 Å². The van der Waals surface area contributed by atoms with Gasteiger partial charge >= 0.3 is 0 Å². The van der Waals surface area contributed by atoms with Gasteiger partial charge < -0.3 is 9.47 Å². The molecule has 9 aromatic carbocycles. The van der Waals surface area contributed by atoms with Crippen molar-refractivity contribution >= 4 is 49.6 Å². The van der Waals surface area contributed by atoms with E-state index in [1.54, 1.807) is 0 Å². The van der Waals surface area contributed by atoms with Crippen LogP contribution in [0.15, 0.2) is 218 Å². The van der Waals surface area contributed by atoms with Crippen LogP contribution in [-0.2, 0) is 0 Å². The lowest BCUT2D eigenvalue weighted by Gasteiger charge is -2.29. The Morgan fingerprint density at radius 1 is 0.315 bits per heavy atom. The van der Waals surface area contributed by atoms with Crippen molar-refractivity contribution in [2.75, 3.05) is 4.90 Å². The summed E-state index contributed by atoms with van der Waals surface area (Å²) in [5.41, 5.74) is 14.0. The summed E-state index contributed by atoms with van der Waals surface area (Å²) in [7, 11) is 0. The third-order valence-corrected chi connectivity index (χ3v) is 10.6. The molecule has 10 rings (SSSR count). The van der Waals surface area contributed by atoms with E-state index < -0.39 is 0 Å². The molecule has 0 aliphatic carbocycles. The molecule has 0 aliphatic heterocycles. The first-order valence-corrected chi connectivity index (χ1v) is 18.5. The van der Waals surface area contributed by atoms with Gasteiger partial charge in [-0.1, -0.05) is 170 Å². The van der Waals surface area contributed by atoms with Crippen molar-refractivity contribution in [1.29, 1.82) is 0 Å². The van der Waals surface area contributed by atoms with Crippen molar-refractivity contribution in [3.8, 4) is 39.1 Å². The number of fused-ring (bicyclic) bond motifs is 4. The second kappa shape index (κ2) is 13.4. The van der Waals surface area contributed by atoms with Gasteiger partial charge in [-0.05, 0) is 87.1 Å². The number of anilines is 3. The number of hydrogen-bond donors (Lipinski definition) is 0. The van der Waals surface area contributed by atoms with Crippen LogP contribution in [0, 0.1) is 0 Å². The zero-order valence-electron chi connectivity index (χ0n) is 29.7. The molecule has 0 spiro atoms. The molecule has 10 aromatic rings. The Balaban J connectivity index is 1.20. The minimum absolute atomic E-state index is 1.08. The Hall–Kier alpha value is -7.16. The lowest BCUT2D eigenvalue weighted by atomic mass is 9.88. The van der Waals surface area contributed by atoms with Crippen LogP contribution in [-0.4, -0.2) is 4.57 Å². The number of para-hydroxylation sites is 3. The van der Waals surface area contributed by atoms with Crippen LogP contribution in [0.1, 0.15) is 0 Å². The molecule has 2 nitrogen and oxygen atoms in total. The smallest absolute Gasteiger partial charge is 0.0541 e. The van der Waals surface area contributed by atoms with Gasteiger partial charge in [0.15, 0.2) is 0 Å². The number of nitrogens with zero attached hydrogens (tertiary/aromatic N) is 2. The third-order valence-electron chi connectivity index (χ3n) is 10.6. The molecule has 0 bridgehead atoms. The van der Waals surface area contributed by atoms with Crippen LogP contribution < -0.4 is 4.90 Å². The van der Waals surface area contributed by atoms with Crippen LogP contribution in [0.5, 0.6) is 0 Å². The van der Waals surface area contributed by atoms with Gasteiger partial charge in [0.05, 0.1) is 16.7 Å². The summed E-state index contributed by atoms with van der Waals surface area (Å²) in [5.74, 6) is 0. The summed E-state index contributed by atoms with van der Waals surface area (Å²) in [4.78, 5) is 2.43. The summed E-state index contributed by atoms with van der Waals surface area (Å²) in [6.45, 7) is 0. The van der Waals surface area contributed by atoms with Gasteiger partial charge in [-0.25, -0.2) is 0 Å². The summed E-state index contributed by atoms with van der Waals surface area (Å²) < 4.78 is 2.40. The van der Waals surface area contributed by atoms with Crippen LogP contribution in [0.2, 0.25) is 0 Å². The largest absolute Gasteiger partial charge is 0.310 e. The Morgan fingerprint density at radius 3 is 1.56 bits per heavy atom. The molecule has 1 aromatic heterocycles. The second-order valence-corrected chi connectivity index (χ2v) is 13.7. The first kappa shape index (κ1) is 31.6. The third kappa shape index (κ3) is 5.44. The van der Waals surface area contributed by atoms with Gasteiger partial charge in [0, 0.05) is 33.4 Å². The van der Waals surface area contributed by atoms with Crippen molar-refractivity contribution in [3.05, 3.63) is 218 Å². The summed E-state index contributed by atoms with van der Waals surface area (Å²) in [5, 5.41) is 4.93. The molecule has 2 heteroatoms. The zero-order valence-corrected chi connectivity index (χ0v) is 29.7. The van der Waals surface area contributed by atoms with Crippen LogP contribution in [0.3, 0.4) is 0 Å². The number of benzene rings is 9. The Labute approximate surface area is 315 Å². The molecular weight excluding hydrogens is 653 g/mol. The standard InChI is InChI=1S/C52H36N2/c1-2-18-38(19-3-1)43-23-6-7-24-44(43)45-25-8-9-26-46(45)47-27-10-13-30-50(47)53(42-34-33-37-17-4-5-20-39(37)35-42)40-21-16-22-41(36-40)54-51-31-14-11-28-48(51)49-29-12-15-32-52(49)54/h1-36H. The predicted octanol–water partition coefficient (Wildman–Crippen LogP) is 14.4. The van der Waals surface area contributed by atoms with E-state index in [0.717, 1.165) is 28.3 Å². The molecule has 0 atom stereocenters. The zero-order chi connectivity index (χ0) is 35.8.